The first-order valence-electron chi connectivity index (χ1n) is 7.34. The molecule has 0 aliphatic heterocycles. The molecule has 1 atom stereocenters. The number of carbonyl (C=O) groups excluding carboxylic acids is 1. The van der Waals surface area contributed by atoms with E-state index in [1.54, 1.807) is 0 Å². The molecule has 2 rings (SSSR count). The molecule has 0 amide bonds. The molecular weight excluding hydrogens is 260 g/mol. The first kappa shape index (κ1) is 15.3. The fourth-order valence-corrected chi connectivity index (χ4v) is 2.76. The normalized spacial score (nSPS) is 13.5. The molecule has 2 nitrogen and oxygen atoms in total. The van der Waals surface area contributed by atoms with Crippen molar-refractivity contribution >= 4 is 6.29 Å². The molecule has 0 fully saturated rings. The predicted octanol–water partition coefficient (Wildman–Crippen LogP) is 4.09. The Labute approximate surface area is 126 Å². The minimum Gasteiger partial charge on any atom is -0.494 e. The lowest BCUT2D eigenvalue weighted by molar-refractivity contribution is -0.112. The molecule has 2 heteroatoms. The van der Waals surface area contributed by atoms with Crippen LogP contribution in [0.25, 0.3) is 0 Å². The van der Waals surface area contributed by atoms with Crippen LogP contribution < -0.4 is 4.74 Å². The van der Waals surface area contributed by atoms with Crippen LogP contribution in [0.1, 0.15) is 30.5 Å². The van der Waals surface area contributed by atoms with Crippen molar-refractivity contribution in [1.29, 1.82) is 0 Å². The van der Waals surface area contributed by atoms with E-state index in [2.05, 4.69) is 0 Å². The highest BCUT2D eigenvalue weighted by Crippen LogP contribution is 2.32. The number of benzene rings is 2. The predicted molar refractivity (Wildman–Crippen MR) is 85.9 cm³/mol. The largest absolute Gasteiger partial charge is 0.494 e. The molecule has 0 N–H and O–H groups in total. The molecule has 0 spiro atoms. The summed E-state index contributed by atoms with van der Waals surface area (Å²) in [5, 5.41) is 0. The second kappa shape index (κ2) is 6.57. The summed E-state index contributed by atoms with van der Waals surface area (Å²) in [5.41, 5.74) is 2.74. The summed E-state index contributed by atoms with van der Waals surface area (Å²) < 4.78 is 5.68. The van der Waals surface area contributed by atoms with Gasteiger partial charge in [-0.2, -0.15) is 0 Å². The molecule has 0 saturated carbocycles. The van der Waals surface area contributed by atoms with Crippen LogP contribution in [0.2, 0.25) is 0 Å². The summed E-state index contributed by atoms with van der Waals surface area (Å²) in [7, 11) is 0. The van der Waals surface area contributed by atoms with Gasteiger partial charge in [0.05, 0.1) is 12.0 Å². The van der Waals surface area contributed by atoms with E-state index in [1.807, 2.05) is 69.3 Å². The second-order valence-electron chi connectivity index (χ2n) is 5.57. The number of hydrogen-bond acceptors (Lipinski definition) is 2. The summed E-state index contributed by atoms with van der Waals surface area (Å²) in [4.78, 5) is 11.8. The molecule has 0 aliphatic carbocycles. The van der Waals surface area contributed by atoms with Crippen LogP contribution in [-0.2, 0) is 16.6 Å². The van der Waals surface area contributed by atoms with Gasteiger partial charge in [-0.25, -0.2) is 0 Å². The quantitative estimate of drug-likeness (QED) is 0.746. The third kappa shape index (κ3) is 3.33. The van der Waals surface area contributed by atoms with E-state index >= 15 is 0 Å². The van der Waals surface area contributed by atoms with E-state index < -0.39 is 5.41 Å². The molecule has 110 valence electrons. The van der Waals surface area contributed by atoms with Gasteiger partial charge in [-0.05, 0) is 49.9 Å². The molecule has 0 bridgehead atoms. The van der Waals surface area contributed by atoms with Crippen LogP contribution in [0.3, 0.4) is 0 Å². The highest BCUT2D eigenvalue weighted by molar-refractivity contribution is 5.70. The van der Waals surface area contributed by atoms with Gasteiger partial charge < -0.3 is 9.53 Å². The van der Waals surface area contributed by atoms with Crippen molar-refractivity contribution in [2.75, 3.05) is 6.61 Å². The maximum absolute atomic E-state index is 11.8. The highest BCUT2D eigenvalue weighted by atomic mass is 16.5. The first-order valence-corrected chi connectivity index (χ1v) is 7.34. The Kier molecular flexibility index (Phi) is 4.79. The average molecular weight is 282 g/mol. The van der Waals surface area contributed by atoms with Crippen molar-refractivity contribution in [3.05, 3.63) is 65.2 Å². The zero-order valence-electron chi connectivity index (χ0n) is 12.9. The van der Waals surface area contributed by atoms with Gasteiger partial charge >= 0.3 is 0 Å². The SMILES string of the molecule is CCOc1ccccc1CC(C)(C=O)c1ccccc1C. The van der Waals surface area contributed by atoms with Crippen molar-refractivity contribution in [3.8, 4) is 5.75 Å². The molecule has 21 heavy (non-hydrogen) atoms. The van der Waals surface area contributed by atoms with Gasteiger partial charge in [0.25, 0.3) is 0 Å². The molecule has 0 heterocycles. The van der Waals surface area contributed by atoms with Crippen LogP contribution in [-0.4, -0.2) is 12.9 Å². The standard InChI is InChI=1S/C19H22O2/c1-4-21-18-12-8-6-10-16(18)13-19(3,14-20)17-11-7-5-9-15(17)2/h5-12,14H,4,13H2,1-3H3. The third-order valence-corrected chi connectivity index (χ3v) is 3.85. The van der Waals surface area contributed by atoms with Gasteiger partial charge in [-0.3, -0.25) is 0 Å². The number of ether oxygens (including phenoxy) is 1. The number of aldehydes is 1. The summed E-state index contributed by atoms with van der Waals surface area (Å²) >= 11 is 0. The number of carbonyl (C=O) groups is 1. The molecular formula is C19H22O2. The van der Waals surface area contributed by atoms with Crippen molar-refractivity contribution in [2.45, 2.75) is 32.6 Å². The fourth-order valence-electron chi connectivity index (χ4n) is 2.76. The Morgan fingerprint density at radius 1 is 1.10 bits per heavy atom. The van der Waals surface area contributed by atoms with Gasteiger partial charge in [0.2, 0.25) is 0 Å². The minimum absolute atomic E-state index is 0.543. The Bertz CT molecular complexity index is 618. The summed E-state index contributed by atoms with van der Waals surface area (Å²) in [5.74, 6) is 0.863. The summed E-state index contributed by atoms with van der Waals surface area (Å²) in [6.07, 6.45) is 1.69. The average Bonchev–Trinajstić information content (AvgIpc) is 2.50. The molecule has 0 saturated heterocycles. The molecule has 2 aromatic carbocycles. The van der Waals surface area contributed by atoms with Gasteiger partial charge in [0.1, 0.15) is 12.0 Å². The van der Waals surface area contributed by atoms with E-state index in [9.17, 15) is 4.79 Å². The first-order chi connectivity index (χ1) is 10.1. The third-order valence-electron chi connectivity index (χ3n) is 3.85. The lowest BCUT2D eigenvalue weighted by atomic mass is 9.76. The zero-order chi connectivity index (χ0) is 15.3. The van der Waals surface area contributed by atoms with Gasteiger partial charge in [0, 0.05) is 0 Å². The lowest BCUT2D eigenvalue weighted by Crippen LogP contribution is -2.28. The molecule has 0 aliphatic rings. The van der Waals surface area contributed by atoms with Crippen LogP contribution in [0.15, 0.2) is 48.5 Å². The van der Waals surface area contributed by atoms with Gasteiger partial charge in [-0.15, -0.1) is 0 Å². The van der Waals surface area contributed by atoms with Crippen molar-refractivity contribution in [1.82, 2.24) is 0 Å². The van der Waals surface area contributed by atoms with Crippen LogP contribution in [0.4, 0.5) is 0 Å². The van der Waals surface area contributed by atoms with E-state index in [1.165, 1.54) is 0 Å². The number of aryl methyl sites for hydroxylation is 1. The monoisotopic (exact) mass is 282 g/mol. The Balaban J connectivity index is 2.39. The minimum atomic E-state index is -0.543. The molecule has 0 radical (unpaired) electrons. The van der Waals surface area contributed by atoms with Gasteiger partial charge in [-0.1, -0.05) is 42.5 Å². The van der Waals surface area contributed by atoms with E-state index in [4.69, 9.17) is 4.74 Å². The van der Waals surface area contributed by atoms with Crippen molar-refractivity contribution in [2.24, 2.45) is 0 Å². The Morgan fingerprint density at radius 3 is 2.43 bits per heavy atom. The number of hydrogen-bond donors (Lipinski definition) is 0. The van der Waals surface area contributed by atoms with Crippen LogP contribution in [0.5, 0.6) is 5.75 Å². The molecule has 2 aromatic rings. The number of rotatable bonds is 6. The van der Waals surface area contributed by atoms with Crippen molar-refractivity contribution in [3.63, 3.8) is 0 Å². The maximum Gasteiger partial charge on any atom is 0.130 e. The number of para-hydroxylation sites is 1. The zero-order valence-corrected chi connectivity index (χ0v) is 12.9. The van der Waals surface area contributed by atoms with E-state index in [0.717, 1.165) is 28.7 Å². The summed E-state index contributed by atoms with van der Waals surface area (Å²) in [6.45, 7) is 6.63. The second-order valence-corrected chi connectivity index (χ2v) is 5.57. The summed E-state index contributed by atoms with van der Waals surface area (Å²) in [6, 6.07) is 16.0. The Hall–Kier alpha value is -2.09. The Morgan fingerprint density at radius 2 is 1.76 bits per heavy atom. The highest BCUT2D eigenvalue weighted by Gasteiger charge is 2.29. The topological polar surface area (TPSA) is 26.3 Å². The van der Waals surface area contributed by atoms with Crippen LogP contribution >= 0.6 is 0 Å². The van der Waals surface area contributed by atoms with E-state index in [-0.39, 0.29) is 0 Å². The van der Waals surface area contributed by atoms with Gasteiger partial charge in [0.15, 0.2) is 0 Å². The smallest absolute Gasteiger partial charge is 0.130 e. The van der Waals surface area contributed by atoms with Crippen molar-refractivity contribution < 1.29 is 9.53 Å². The maximum atomic E-state index is 11.8. The van der Waals surface area contributed by atoms with E-state index in [0.29, 0.717) is 13.0 Å². The molecule has 0 aromatic heterocycles. The molecule has 1 unspecified atom stereocenters. The van der Waals surface area contributed by atoms with Crippen LogP contribution in [0, 0.1) is 6.92 Å². The fraction of sp³-hybridized carbons (Fsp3) is 0.316. The lowest BCUT2D eigenvalue weighted by Gasteiger charge is -2.26.